The van der Waals surface area contributed by atoms with Crippen LogP contribution in [0.3, 0.4) is 0 Å². The Hall–Kier alpha value is -2.31. The van der Waals surface area contributed by atoms with E-state index in [-0.39, 0.29) is 5.56 Å². The van der Waals surface area contributed by atoms with Gasteiger partial charge in [-0.2, -0.15) is 4.57 Å². The number of hydrogen-bond donors (Lipinski definition) is 0. The molecule has 1 aliphatic heterocycles. The van der Waals surface area contributed by atoms with E-state index in [0.29, 0.717) is 6.54 Å². The predicted octanol–water partition coefficient (Wildman–Crippen LogP) is 3.15. The molecule has 4 rings (SSSR count). The quantitative estimate of drug-likeness (QED) is 0.589. The average Bonchev–Trinajstić information content (AvgIpc) is 3.23. The minimum atomic E-state index is 0.0990. The fourth-order valence-electron chi connectivity index (χ4n) is 3.55. The van der Waals surface area contributed by atoms with Crippen molar-refractivity contribution in [3.8, 4) is 0 Å². The van der Waals surface area contributed by atoms with Crippen molar-refractivity contribution in [2.24, 2.45) is 0 Å². The van der Waals surface area contributed by atoms with Crippen molar-refractivity contribution in [3.63, 3.8) is 0 Å². The molecule has 1 aromatic carbocycles. The molecule has 2 aromatic heterocycles. The lowest BCUT2D eigenvalue weighted by Gasteiger charge is -2.11. The highest BCUT2D eigenvalue weighted by Gasteiger charge is 2.24. The molecule has 1 aliphatic rings. The van der Waals surface area contributed by atoms with Crippen LogP contribution in [0.15, 0.2) is 58.4 Å². The molecule has 0 amide bonds. The largest absolute Gasteiger partial charge is 0.337 e. The summed E-state index contributed by atoms with van der Waals surface area (Å²) in [6.07, 6.45) is 6.58. The molecule has 0 atom stereocenters. The van der Waals surface area contributed by atoms with Crippen molar-refractivity contribution in [2.75, 3.05) is 11.9 Å². The molecule has 0 spiro atoms. The van der Waals surface area contributed by atoms with Crippen LogP contribution in [0.25, 0.3) is 11.1 Å². The molecular formula is C23H26N3OS2+. The fourth-order valence-corrected chi connectivity index (χ4v) is 6.01. The number of benzene rings is 1. The summed E-state index contributed by atoms with van der Waals surface area (Å²) >= 11 is 3.28. The van der Waals surface area contributed by atoms with Crippen LogP contribution in [-0.4, -0.2) is 11.6 Å². The van der Waals surface area contributed by atoms with Gasteiger partial charge in [0.15, 0.2) is 6.20 Å². The van der Waals surface area contributed by atoms with Crippen LogP contribution < -0.4 is 24.2 Å². The van der Waals surface area contributed by atoms with Crippen LogP contribution >= 0.6 is 23.1 Å². The summed E-state index contributed by atoms with van der Waals surface area (Å²) in [6.45, 7) is 5.90. The lowest BCUT2D eigenvalue weighted by atomic mass is 10.3. The highest BCUT2D eigenvalue weighted by Crippen LogP contribution is 2.44. The maximum absolute atomic E-state index is 13.2. The van der Waals surface area contributed by atoms with Gasteiger partial charge in [-0.3, -0.25) is 9.36 Å². The van der Waals surface area contributed by atoms with Gasteiger partial charge in [0.25, 0.3) is 5.56 Å². The second-order valence-corrected chi connectivity index (χ2v) is 9.13. The molecule has 4 nitrogen and oxygen atoms in total. The second-order valence-electron chi connectivity index (χ2n) is 7.07. The highest BCUT2D eigenvalue weighted by atomic mass is 32.2. The zero-order valence-electron chi connectivity index (χ0n) is 17.1. The van der Waals surface area contributed by atoms with E-state index in [0.717, 1.165) is 45.0 Å². The van der Waals surface area contributed by atoms with Crippen LogP contribution in [0.5, 0.6) is 0 Å². The summed E-state index contributed by atoms with van der Waals surface area (Å²) in [4.78, 5) is 16.6. The Balaban J connectivity index is 1.87. The summed E-state index contributed by atoms with van der Waals surface area (Å²) in [6, 6.07) is 14.6. The lowest BCUT2D eigenvalue weighted by molar-refractivity contribution is -0.699. The molecule has 3 aromatic rings. The Morgan fingerprint density at radius 3 is 2.66 bits per heavy atom. The maximum Gasteiger partial charge on any atom is 0.271 e. The third kappa shape index (κ3) is 3.79. The Morgan fingerprint density at radius 2 is 1.90 bits per heavy atom. The van der Waals surface area contributed by atoms with Gasteiger partial charge in [-0.25, -0.2) is 0 Å². The van der Waals surface area contributed by atoms with Crippen molar-refractivity contribution in [1.29, 1.82) is 0 Å². The third-order valence-electron chi connectivity index (χ3n) is 5.16. The van der Waals surface area contributed by atoms with Crippen LogP contribution in [0.1, 0.15) is 32.4 Å². The van der Waals surface area contributed by atoms with Gasteiger partial charge in [-0.1, -0.05) is 37.2 Å². The highest BCUT2D eigenvalue weighted by molar-refractivity contribution is 8.08. The van der Waals surface area contributed by atoms with E-state index in [1.165, 1.54) is 4.90 Å². The monoisotopic (exact) mass is 424 g/mol. The first-order valence-corrected chi connectivity index (χ1v) is 11.7. The molecule has 0 bridgehead atoms. The van der Waals surface area contributed by atoms with E-state index in [2.05, 4.69) is 59.0 Å². The molecule has 29 heavy (non-hydrogen) atoms. The minimum Gasteiger partial charge on any atom is -0.337 e. The Bertz CT molecular complexity index is 1210. The lowest BCUT2D eigenvalue weighted by Crippen LogP contribution is -2.37. The first-order valence-electron chi connectivity index (χ1n) is 10.1. The summed E-state index contributed by atoms with van der Waals surface area (Å²) in [5.74, 6) is 0. The molecular weight excluding hydrogens is 398 g/mol. The molecule has 0 saturated heterocycles. The first-order chi connectivity index (χ1) is 14.1. The number of unbranched alkanes of at least 4 members (excludes halogenated alkanes) is 1. The van der Waals surface area contributed by atoms with Gasteiger partial charge in [0.1, 0.15) is 20.8 Å². The summed E-state index contributed by atoms with van der Waals surface area (Å²) in [5, 5.41) is 1.02. The van der Waals surface area contributed by atoms with Crippen molar-refractivity contribution in [1.82, 2.24) is 4.57 Å². The summed E-state index contributed by atoms with van der Waals surface area (Å²) in [7, 11) is 2.04. The standard InChI is InChI=1S/C23H26N3OS2/c1-4-6-14-25-15-10-9-11-17(25)16-20-26(5-2)22(27)21(29-20)23-24(3)18-12-7-8-13-19(18)28-23/h7-13,15-16H,4-6,14H2,1-3H3/q+1/b23-21+. The predicted molar refractivity (Wildman–Crippen MR) is 123 cm³/mol. The molecule has 150 valence electrons. The molecule has 6 heteroatoms. The van der Waals surface area contributed by atoms with E-state index in [4.69, 9.17) is 0 Å². The number of thiazole rings is 1. The SMILES string of the molecule is CCCC[n+]1ccccc1/C=c1\s/c(=C2/Sc3ccccc3N2C)c(=O)n1CC. The van der Waals surface area contributed by atoms with E-state index in [1.54, 1.807) is 23.1 Å². The van der Waals surface area contributed by atoms with E-state index < -0.39 is 0 Å². The number of rotatable bonds is 5. The topological polar surface area (TPSA) is 29.1 Å². The Morgan fingerprint density at radius 1 is 1.10 bits per heavy atom. The molecule has 0 N–H and O–H groups in total. The minimum absolute atomic E-state index is 0.0990. The van der Waals surface area contributed by atoms with Gasteiger partial charge < -0.3 is 4.90 Å². The molecule has 0 unspecified atom stereocenters. The number of aryl methyl sites for hydroxylation is 1. The number of nitrogens with zero attached hydrogens (tertiary/aromatic N) is 3. The first kappa shape index (κ1) is 20.0. The summed E-state index contributed by atoms with van der Waals surface area (Å²) in [5.41, 5.74) is 2.40. The number of hydrogen-bond acceptors (Lipinski definition) is 4. The van der Waals surface area contributed by atoms with Crippen molar-refractivity contribution in [3.05, 3.63) is 73.9 Å². The molecule has 0 saturated carbocycles. The van der Waals surface area contributed by atoms with Crippen LogP contribution in [0, 0.1) is 0 Å². The van der Waals surface area contributed by atoms with Gasteiger partial charge in [-0.15, -0.1) is 11.3 Å². The van der Waals surface area contributed by atoms with Gasteiger partial charge in [0, 0.05) is 43.1 Å². The van der Waals surface area contributed by atoms with Crippen molar-refractivity contribution >= 4 is 39.9 Å². The fraction of sp³-hybridized carbons (Fsp3) is 0.304. The number of aromatic nitrogens is 2. The number of anilines is 1. The van der Waals surface area contributed by atoms with E-state index >= 15 is 0 Å². The smallest absolute Gasteiger partial charge is 0.271 e. The second kappa shape index (κ2) is 8.59. The van der Waals surface area contributed by atoms with Gasteiger partial charge in [0.2, 0.25) is 5.69 Å². The van der Waals surface area contributed by atoms with Crippen LogP contribution in [0.4, 0.5) is 5.69 Å². The zero-order valence-corrected chi connectivity index (χ0v) is 18.7. The van der Waals surface area contributed by atoms with Crippen molar-refractivity contribution in [2.45, 2.75) is 44.7 Å². The van der Waals surface area contributed by atoms with Crippen LogP contribution in [0.2, 0.25) is 0 Å². The number of thioether (sulfide) groups is 1. The zero-order chi connectivity index (χ0) is 20.4. The third-order valence-corrected chi connectivity index (χ3v) is 7.65. The normalized spacial score (nSPS) is 15.8. The Labute approximate surface area is 179 Å². The van der Waals surface area contributed by atoms with Gasteiger partial charge in [-0.05, 0) is 25.1 Å². The Kier molecular flexibility index (Phi) is 5.92. The van der Waals surface area contributed by atoms with E-state index in [9.17, 15) is 4.79 Å². The molecule has 0 fully saturated rings. The number of para-hydroxylation sites is 1. The molecule has 3 heterocycles. The van der Waals surface area contributed by atoms with Crippen molar-refractivity contribution < 1.29 is 4.57 Å². The average molecular weight is 425 g/mol. The molecule has 0 radical (unpaired) electrons. The maximum atomic E-state index is 13.2. The number of pyridine rings is 1. The summed E-state index contributed by atoms with van der Waals surface area (Å²) < 4.78 is 5.98. The van der Waals surface area contributed by atoms with Crippen LogP contribution in [-0.2, 0) is 13.1 Å². The molecule has 0 aliphatic carbocycles. The van der Waals surface area contributed by atoms with E-state index in [1.807, 2.05) is 30.7 Å². The van der Waals surface area contributed by atoms with Gasteiger partial charge in [0.05, 0.1) is 5.69 Å². The number of fused-ring (bicyclic) bond motifs is 1. The van der Waals surface area contributed by atoms with Gasteiger partial charge >= 0.3 is 0 Å².